The number of aromatic nitrogens is 5. The number of thioether (sulfide) groups is 1. The van der Waals surface area contributed by atoms with E-state index >= 15 is 0 Å². The summed E-state index contributed by atoms with van der Waals surface area (Å²) in [5.41, 5.74) is 1.45. The minimum atomic E-state index is -4.83. The van der Waals surface area contributed by atoms with Crippen LogP contribution in [0, 0.1) is 0 Å². The standard InChI is InChI=1S/C26H23F3N6O4S/c1-2-3-15-38-24(37)17-5-7-18(8-6-17)32-23(36)22-21(16-40-25-30-13-4-14-31-25)35(34-33-22)19-9-11-20(12-10-19)39-26(27,28)29/h4-14H,2-3,15-16H2,1H3,(H,32,36). The number of hydrogen-bond donors (Lipinski definition) is 1. The maximum absolute atomic E-state index is 13.2. The Kier molecular flexibility index (Phi) is 9.32. The molecule has 0 radical (unpaired) electrons. The SMILES string of the molecule is CCCCOC(=O)c1ccc(NC(=O)c2nnn(-c3ccc(OC(F)(F)F)cc3)c2CSc2ncccn2)cc1. The Hall–Kier alpha value is -4.46. The number of hydrogen-bond acceptors (Lipinski definition) is 9. The predicted molar refractivity (Wildman–Crippen MR) is 139 cm³/mol. The Balaban J connectivity index is 1.55. The smallest absolute Gasteiger partial charge is 0.462 e. The molecule has 0 aliphatic heterocycles. The molecule has 0 aliphatic carbocycles. The molecule has 0 atom stereocenters. The Morgan fingerprint density at radius 3 is 2.38 bits per heavy atom. The quantitative estimate of drug-likeness (QED) is 0.108. The van der Waals surface area contributed by atoms with Gasteiger partial charge in [-0.15, -0.1) is 18.3 Å². The van der Waals surface area contributed by atoms with Crippen LogP contribution in [0.2, 0.25) is 0 Å². The van der Waals surface area contributed by atoms with Crippen LogP contribution in [0.1, 0.15) is 46.3 Å². The number of benzene rings is 2. The van der Waals surface area contributed by atoms with E-state index in [1.165, 1.54) is 40.7 Å². The molecule has 0 fully saturated rings. The van der Waals surface area contributed by atoms with E-state index < -0.39 is 24.0 Å². The Labute approximate surface area is 230 Å². The first-order valence-corrected chi connectivity index (χ1v) is 13.0. The summed E-state index contributed by atoms with van der Waals surface area (Å²) in [6.45, 7) is 2.32. The molecule has 2 aromatic carbocycles. The lowest BCUT2D eigenvalue weighted by Crippen LogP contribution is -2.17. The molecule has 0 unspecified atom stereocenters. The molecule has 2 heterocycles. The third-order valence-corrected chi connectivity index (χ3v) is 6.17. The average molecular weight is 573 g/mol. The van der Waals surface area contributed by atoms with Gasteiger partial charge in [-0.1, -0.05) is 30.3 Å². The lowest BCUT2D eigenvalue weighted by Gasteiger charge is -2.11. The number of alkyl halides is 3. The molecule has 40 heavy (non-hydrogen) atoms. The van der Waals surface area contributed by atoms with E-state index in [0.717, 1.165) is 25.0 Å². The summed E-state index contributed by atoms with van der Waals surface area (Å²) in [7, 11) is 0. The summed E-state index contributed by atoms with van der Waals surface area (Å²) in [5, 5.41) is 11.3. The Morgan fingerprint density at radius 1 is 1.02 bits per heavy atom. The number of amides is 1. The molecular formula is C26H23F3N6O4S. The number of anilines is 1. The molecule has 0 aliphatic rings. The summed E-state index contributed by atoms with van der Waals surface area (Å²) in [6, 6.07) is 12.9. The van der Waals surface area contributed by atoms with Crippen molar-refractivity contribution >= 4 is 29.3 Å². The number of ether oxygens (including phenoxy) is 2. The molecule has 0 saturated carbocycles. The van der Waals surface area contributed by atoms with Crippen molar-refractivity contribution in [3.63, 3.8) is 0 Å². The highest BCUT2D eigenvalue weighted by atomic mass is 32.2. The van der Waals surface area contributed by atoms with Crippen LogP contribution in [0.5, 0.6) is 5.75 Å². The van der Waals surface area contributed by atoms with Crippen molar-refractivity contribution in [3.8, 4) is 11.4 Å². The number of nitrogens with zero attached hydrogens (tertiary/aromatic N) is 5. The maximum atomic E-state index is 13.2. The first-order chi connectivity index (χ1) is 19.2. The van der Waals surface area contributed by atoms with Crippen LogP contribution in [0.4, 0.5) is 18.9 Å². The number of carbonyl (C=O) groups is 2. The summed E-state index contributed by atoms with van der Waals surface area (Å²) in [4.78, 5) is 33.6. The highest BCUT2D eigenvalue weighted by Crippen LogP contribution is 2.26. The van der Waals surface area contributed by atoms with E-state index in [-0.39, 0.29) is 11.4 Å². The van der Waals surface area contributed by atoms with Gasteiger partial charge in [0.2, 0.25) is 0 Å². The average Bonchev–Trinajstić information content (AvgIpc) is 3.36. The zero-order valence-corrected chi connectivity index (χ0v) is 21.9. The minimum Gasteiger partial charge on any atom is -0.462 e. The molecule has 0 spiro atoms. The second kappa shape index (κ2) is 13.1. The van der Waals surface area contributed by atoms with Crippen molar-refractivity contribution in [3.05, 3.63) is 83.9 Å². The summed E-state index contributed by atoms with van der Waals surface area (Å²) in [6.07, 6.45) is -0.0179. The topological polar surface area (TPSA) is 121 Å². The molecule has 1 amide bonds. The third kappa shape index (κ3) is 7.79. The van der Waals surface area contributed by atoms with E-state index in [9.17, 15) is 22.8 Å². The van der Waals surface area contributed by atoms with Gasteiger partial charge in [-0.05, 0) is 61.0 Å². The highest BCUT2D eigenvalue weighted by molar-refractivity contribution is 7.98. The Morgan fingerprint density at radius 2 is 1.73 bits per heavy atom. The van der Waals surface area contributed by atoms with E-state index in [1.54, 1.807) is 30.6 Å². The van der Waals surface area contributed by atoms with E-state index in [2.05, 4.69) is 30.3 Å². The number of nitrogens with one attached hydrogen (secondary N) is 1. The van der Waals surface area contributed by atoms with Crippen LogP contribution < -0.4 is 10.1 Å². The molecule has 4 rings (SSSR count). The van der Waals surface area contributed by atoms with Gasteiger partial charge in [0.1, 0.15) is 5.75 Å². The van der Waals surface area contributed by atoms with Crippen molar-refractivity contribution in [2.24, 2.45) is 0 Å². The largest absolute Gasteiger partial charge is 0.573 e. The van der Waals surface area contributed by atoms with Gasteiger partial charge in [-0.25, -0.2) is 19.4 Å². The second-order valence-corrected chi connectivity index (χ2v) is 9.12. The molecule has 14 heteroatoms. The zero-order chi connectivity index (χ0) is 28.5. The van der Waals surface area contributed by atoms with Crippen LogP contribution in [-0.2, 0) is 10.5 Å². The van der Waals surface area contributed by atoms with E-state index in [1.807, 2.05) is 6.92 Å². The monoisotopic (exact) mass is 572 g/mol. The van der Waals surface area contributed by atoms with Crippen molar-refractivity contribution in [2.45, 2.75) is 37.0 Å². The van der Waals surface area contributed by atoms with Gasteiger partial charge < -0.3 is 14.8 Å². The van der Waals surface area contributed by atoms with Crippen LogP contribution in [0.3, 0.4) is 0 Å². The first kappa shape index (κ1) is 28.5. The number of halogens is 3. The van der Waals surface area contributed by atoms with Gasteiger partial charge in [-0.2, -0.15) is 0 Å². The molecular weight excluding hydrogens is 549 g/mol. The van der Waals surface area contributed by atoms with Crippen LogP contribution in [-0.4, -0.2) is 49.8 Å². The number of rotatable bonds is 11. The van der Waals surface area contributed by atoms with Crippen LogP contribution in [0.25, 0.3) is 5.69 Å². The lowest BCUT2D eigenvalue weighted by molar-refractivity contribution is -0.274. The summed E-state index contributed by atoms with van der Waals surface area (Å²) in [5.74, 6) is -1.27. The fourth-order valence-electron chi connectivity index (χ4n) is 3.37. The van der Waals surface area contributed by atoms with Crippen molar-refractivity contribution in [1.29, 1.82) is 0 Å². The number of carbonyl (C=O) groups excluding carboxylic acids is 2. The molecule has 1 N–H and O–H groups in total. The number of unbranched alkanes of at least 4 members (excludes halogenated alkanes) is 1. The lowest BCUT2D eigenvalue weighted by atomic mass is 10.2. The van der Waals surface area contributed by atoms with E-state index in [0.29, 0.717) is 34.4 Å². The van der Waals surface area contributed by atoms with E-state index in [4.69, 9.17) is 4.74 Å². The first-order valence-electron chi connectivity index (χ1n) is 12.0. The molecule has 10 nitrogen and oxygen atoms in total. The second-order valence-electron chi connectivity index (χ2n) is 8.18. The fourth-order valence-corrected chi connectivity index (χ4v) is 4.16. The van der Waals surface area contributed by atoms with Crippen molar-refractivity contribution < 1.29 is 32.2 Å². The molecule has 0 saturated heterocycles. The predicted octanol–water partition coefficient (Wildman–Crippen LogP) is 5.46. The molecule has 208 valence electrons. The van der Waals surface area contributed by atoms with Gasteiger partial charge in [0.05, 0.1) is 23.6 Å². The normalized spacial score (nSPS) is 11.2. The highest BCUT2D eigenvalue weighted by Gasteiger charge is 2.31. The fraction of sp³-hybridized carbons (Fsp3) is 0.231. The third-order valence-electron chi connectivity index (χ3n) is 5.28. The van der Waals surface area contributed by atoms with Gasteiger partial charge in [-0.3, -0.25) is 4.79 Å². The summed E-state index contributed by atoms with van der Waals surface area (Å²) < 4.78 is 48.1. The minimum absolute atomic E-state index is 0.0119. The molecule has 0 bridgehead atoms. The van der Waals surface area contributed by atoms with Crippen LogP contribution >= 0.6 is 11.8 Å². The van der Waals surface area contributed by atoms with Gasteiger partial charge in [0, 0.05) is 23.8 Å². The number of esters is 1. The van der Waals surface area contributed by atoms with Crippen molar-refractivity contribution in [2.75, 3.05) is 11.9 Å². The van der Waals surface area contributed by atoms with Gasteiger partial charge >= 0.3 is 12.3 Å². The molecule has 4 aromatic rings. The Bertz CT molecular complexity index is 1430. The van der Waals surface area contributed by atoms with Gasteiger partial charge in [0.15, 0.2) is 10.9 Å². The zero-order valence-electron chi connectivity index (χ0n) is 21.1. The molecule has 2 aromatic heterocycles. The summed E-state index contributed by atoms with van der Waals surface area (Å²) >= 11 is 1.22. The van der Waals surface area contributed by atoms with Crippen molar-refractivity contribution in [1.82, 2.24) is 25.0 Å². The van der Waals surface area contributed by atoms with Crippen LogP contribution in [0.15, 0.2) is 72.1 Å². The maximum Gasteiger partial charge on any atom is 0.573 e. The van der Waals surface area contributed by atoms with Gasteiger partial charge in [0.25, 0.3) is 5.91 Å².